The molecular formula is C2H7ClO5Si. The van der Waals surface area contributed by atoms with E-state index in [-0.39, 0.29) is 12.5 Å². The maximum atomic E-state index is 8.10. The molecule has 0 aliphatic heterocycles. The van der Waals surface area contributed by atoms with Crippen LogP contribution in [0.3, 0.4) is 0 Å². The zero-order valence-electron chi connectivity index (χ0n) is 4.45. The molecule has 0 spiro atoms. The minimum Gasteiger partial charge on any atom is -0.366 e. The van der Waals surface area contributed by atoms with Crippen molar-refractivity contribution in [2.75, 3.05) is 12.5 Å². The van der Waals surface area contributed by atoms with Crippen molar-refractivity contribution in [1.82, 2.24) is 0 Å². The van der Waals surface area contributed by atoms with Crippen LogP contribution in [0.1, 0.15) is 0 Å². The summed E-state index contributed by atoms with van der Waals surface area (Å²) in [5.41, 5.74) is 0. The maximum absolute atomic E-state index is 8.10. The summed E-state index contributed by atoms with van der Waals surface area (Å²) in [6.45, 7) is -0.00200. The monoisotopic (exact) mass is 174 g/mol. The lowest BCUT2D eigenvalue weighted by Crippen LogP contribution is -2.39. The standard InChI is InChI=1S/C2H7ClO5Si/c3-1-2-7-8-9(4,5)6/h4-6H,1-2H2. The molecule has 7 heteroatoms. The molecule has 0 unspecified atom stereocenters. The summed E-state index contributed by atoms with van der Waals surface area (Å²) in [5.74, 6) is 0.157. The molecule has 0 rings (SSSR count). The van der Waals surface area contributed by atoms with Gasteiger partial charge in [-0.05, 0) is 0 Å². The quantitative estimate of drug-likeness (QED) is 0.160. The molecule has 0 fully saturated rings. The third-order valence-electron chi connectivity index (χ3n) is 0.331. The molecule has 56 valence electrons. The molecule has 3 N–H and O–H groups in total. The predicted octanol–water partition coefficient (Wildman–Crippen LogP) is -1.41. The van der Waals surface area contributed by atoms with Crippen molar-refractivity contribution in [3.63, 3.8) is 0 Å². The van der Waals surface area contributed by atoms with E-state index in [4.69, 9.17) is 26.0 Å². The van der Waals surface area contributed by atoms with Crippen LogP contribution >= 0.6 is 11.6 Å². The van der Waals surface area contributed by atoms with Gasteiger partial charge in [0.05, 0.1) is 6.61 Å². The topological polar surface area (TPSA) is 79.2 Å². The van der Waals surface area contributed by atoms with Gasteiger partial charge in [0.25, 0.3) is 0 Å². The molecule has 9 heavy (non-hydrogen) atoms. The van der Waals surface area contributed by atoms with Crippen LogP contribution in [0, 0.1) is 0 Å². The maximum Gasteiger partial charge on any atom is 0.699 e. The lowest BCUT2D eigenvalue weighted by Gasteiger charge is -2.06. The summed E-state index contributed by atoms with van der Waals surface area (Å²) >= 11 is 5.10. The van der Waals surface area contributed by atoms with E-state index >= 15 is 0 Å². The van der Waals surface area contributed by atoms with Gasteiger partial charge >= 0.3 is 9.05 Å². The Labute approximate surface area is 57.8 Å². The van der Waals surface area contributed by atoms with E-state index in [1.165, 1.54) is 0 Å². The van der Waals surface area contributed by atoms with Gasteiger partial charge in [0, 0.05) is 5.88 Å². The van der Waals surface area contributed by atoms with Crippen molar-refractivity contribution in [2.24, 2.45) is 0 Å². The molecule has 0 aliphatic carbocycles. The van der Waals surface area contributed by atoms with Crippen molar-refractivity contribution in [3.05, 3.63) is 0 Å². The Kier molecular flexibility index (Phi) is 4.32. The van der Waals surface area contributed by atoms with Crippen LogP contribution in [0.15, 0.2) is 0 Å². The fourth-order valence-electron chi connectivity index (χ4n) is 0.152. The summed E-state index contributed by atoms with van der Waals surface area (Å²) in [5, 5.41) is 0. The van der Waals surface area contributed by atoms with Gasteiger partial charge < -0.3 is 14.4 Å². The van der Waals surface area contributed by atoms with Gasteiger partial charge in [-0.3, -0.25) is 0 Å². The van der Waals surface area contributed by atoms with Crippen LogP contribution in [0.2, 0.25) is 0 Å². The first kappa shape index (κ1) is 9.31. The van der Waals surface area contributed by atoms with E-state index < -0.39 is 9.05 Å². The Morgan fingerprint density at radius 3 is 2.22 bits per heavy atom. The number of alkyl halides is 1. The Balaban J connectivity index is 3.07. The van der Waals surface area contributed by atoms with Crippen molar-refractivity contribution in [1.29, 1.82) is 0 Å². The van der Waals surface area contributed by atoms with Gasteiger partial charge in [0.1, 0.15) is 0 Å². The van der Waals surface area contributed by atoms with Crippen LogP contribution < -0.4 is 0 Å². The summed E-state index contributed by atoms with van der Waals surface area (Å²) in [4.78, 5) is 28.3. The molecule has 5 nitrogen and oxygen atoms in total. The smallest absolute Gasteiger partial charge is 0.366 e. The van der Waals surface area contributed by atoms with Crippen molar-refractivity contribution in [3.8, 4) is 0 Å². The fourth-order valence-corrected chi connectivity index (χ4v) is 0.457. The number of rotatable bonds is 4. The number of hydrogen-bond donors (Lipinski definition) is 3. The van der Waals surface area contributed by atoms with Gasteiger partial charge in [0.2, 0.25) is 0 Å². The average Bonchev–Trinajstić information content (AvgIpc) is 1.63. The lowest BCUT2D eigenvalue weighted by molar-refractivity contribution is -0.257. The highest BCUT2D eigenvalue weighted by Gasteiger charge is 2.32. The van der Waals surface area contributed by atoms with Crippen molar-refractivity contribution < 1.29 is 23.9 Å². The second kappa shape index (κ2) is 4.17. The Morgan fingerprint density at radius 2 is 1.89 bits per heavy atom. The number of halogens is 1. The van der Waals surface area contributed by atoms with Crippen LogP contribution in [0.25, 0.3) is 0 Å². The zero-order valence-corrected chi connectivity index (χ0v) is 6.21. The van der Waals surface area contributed by atoms with Gasteiger partial charge in [-0.2, -0.15) is 4.58 Å². The highest BCUT2D eigenvalue weighted by Crippen LogP contribution is 1.90. The summed E-state index contributed by atoms with van der Waals surface area (Å²) < 4.78 is 3.69. The third-order valence-corrected chi connectivity index (χ3v) is 0.827. The van der Waals surface area contributed by atoms with E-state index in [0.29, 0.717) is 0 Å². The summed E-state index contributed by atoms with van der Waals surface area (Å²) in [6.07, 6.45) is 0. The van der Waals surface area contributed by atoms with E-state index in [1.807, 2.05) is 0 Å². The minimum absolute atomic E-state index is 0.00200. The van der Waals surface area contributed by atoms with Crippen molar-refractivity contribution in [2.45, 2.75) is 0 Å². The van der Waals surface area contributed by atoms with Crippen LogP contribution in [0.5, 0.6) is 0 Å². The van der Waals surface area contributed by atoms with E-state index in [9.17, 15) is 0 Å². The predicted molar refractivity (Wildman–Crippen MR) is 30.2 cm³/mol. The average molecular weight is 175 g/mol. The van der Waals surface area contributed by atoms with Gasteiger partial charge in [-0.15, -0.1) is 11.6 Å². The van der Waals surface area contributed by atoms with Gasteiger partial charge in [0.15, 0.2) is 0 Å². The normalized spacial score (nSPS) is 12.0. The molecule has 0 bridgehead atoms. The fraction of sp³-hybridized carbons (Fsp3) is 1.00. The molecule has 0 heterocycles. The van der Waals surface area contributed by atoms with Crippen LogP contribution in [0.4, 0.5) is 0 Å². The first-order valence-corrected chi connectivity index (χ1v) is 4.38. The Morgan fingerprint density at radius 1 is 1.33 bits per heavy atom. The molecular weight excluding hydrogens is 168 g/mol. The van der Waals surface area contributed by atoms with Crippen LogP contribution in [-0.2, 0) is 9.46 Å². The molecule has 0 atom stereocenters. The Hall–Kier alpha value is 0.307. The first-order valence-electron chi connectivity index (χ1n) is 2.10. The Bertz CT molecular complexity index is 71.8. The summed E-state index contributed by atoms with van der Waals surface area (Å²) in [7, 11) is -4.48. The van der Waals surface area contributed by atoms with E-state index in [1.54, 1.807) is 0 Å². The largest absolute Gasteiger partial charge is 0.699 e. The molecule has 0 radical (unpaired) electrons. The van der Waals surface area contributed by atoms with E-state index in [0.717, 1.165) is 0 Å². The summed E-state index contributed by atoms with van der Waals surface area (Å²) in [6, 6.07) is 0. The lowest BCUT2D eigenvalue weighted by atomic mass is 10.9. The molecule has 0 amide bonds. The molecule has 0 aliphatic rings. The highest BCUT2D eigenvalue weighted by molar-refractivity contribution is 6.48. The SMILES string of the molecule is O[Si](O)(O)OOCCCl. The van der Waals surface area contributed by atoms with Crippen molar-refractivity contribution >= 4 is 20.6 Å². The zero-order chi connectivity index (χ0) is 7.33. The number of hydrogen-bond acceptors (Lipinski definition) is 5. The highest BCUT2D eigenvalue weighted by atomic mass is 35.5. The molecule has 0 saturated carbocycles. The van der Waals surface area contributed by atoms with Gasteiger partial charge in [-0.1, -0.05) is 0 Å². The van der Waals surface area contributed by atoms with Gasteiger partial charge in [-0.25, -0.2) is 4.89 Å². The minimum atomic E-state index is -4.48. The van der Waals surface area contributed by atoms with Crippen LogP contribution in [-0.4, -0.2) is 35.9 Å². The van der Waals surface area contributed by atoms with E-state index in [2.05, 4.69) is 9.46 Å². The molecule has 0 aromatic rings. The molecule has 0 saturated heterocycles. The second-order valence-electron chi connectivity index (χ2n) is 1.17. The molecule has 0 aromatic heterocycles. The molecule has 0 aromatic carbocycles. The first-order chi connectivity index (χ1) is 4.06. The second-order valence-corrected chi connectivity index (χ2v) is 2.86. The third kappa shape index (κ3) is 8.31.